The summed E-state index contributed by atoms with van der Waals surface area (Å²) in [5.41, 5.74) is 18.6. The van der Waals surface area contributed by atoms with Gasteiger partial charge in [-0.2, -0.15) is 5.11 Å². The topological polar surface area (TPSA) is 116 Å². The number of amides is 2. The standard InChI is InChI=1S/C73H54Cl2N6O4/c1-7-40-14-9-11-18-63(40)80(4)72(83)55-34-44-22-27-50-56-36-46(74)24-20-42(56)32-58(50)65(44)68(39(55)3)78-76-48-26-29-49-52-30-31-62(53-16-13-17-54(67(52)53)70(82)60(49)38-48)77-79-69-66-45(23-28-51-57-37-47(75)25-21-43(57)33-59(51)66)35-61(71(69)85-6)73(84)81(5)64-19-12-10-15-41(64)8-2/h9-31,34-38H,7-8,32-33H2,1-6H3. The maximum absolute atomic E-state index is 15.0. The number of fused-ring (bicyclic) bond motifs is 12. The van der Waals surface area contributed by atoms with Crippen LogP contribution >= 0.6 is 23.2 Å². The van der Waals surface area contributed by atoms with Crippen molar-refractivity contribution in [3.05, 3.63) is 241 Å². The van der Waals surface area contributed by atoms with E-state index in [9.17, 15) is 14.4 Å². The average molecular weight is 1150 g/mol. The number of anilines is 2. The molecule has 85 heavy (non-hydrogen) atoms. The molecule has 0 bridgehead atoms. The predicted molar refractivity (Wildman–Crippen MR) is 344 cm³/mol. The summed E-state index contributed by atoms with van der Waals surface area (Å²) in [6.07, 6.45) is 2.81. The highest BCUT2D eigenvalue weighted by molar-refractivity contribution is 6.31. The number of benzene rings is 11. The number of rotatable bonds is 11. The Labute approximate surface area is 501 Å². The third-order valence-corrected chi connectivity index (χ3v) is 18.0. The van der Waals surface area contributed by atoms with Crippen LogP contribution in [0.4, 0.5) is 34.1 Å². The molecule has 414 valence electrons. The van der Waals surface area contributed by atoms with Gasteiger partial charge in [0.05, 0.1) is 29.7 Å². The Hall–Kier alpha value is -9.61. The van der Waals surface area contributed by atoms with Crippen molar-refractivity contribution < 1.29 is 19.1 Å². The fourth-order valence-electron chi connectivity index (χ4n) is 13.3. The Bertz CT molecular complexity index is 4830. The van der Waals surface area contributed by atoms with E-state index in [1.54, 1.807) is 30.0 Å². The maximum atomic E-state index is 15.0. The van der Waals surface area contributed by atoms with E-state index < -0.39 is 0 Å². The van der Waals surface area contributed by atoms with Crippen molar-refractivity contribution in [3.63, 3.8) is 0 Å². The molecule has 12 heteroatoms. The Balaban J connectivity index is 0.861. The summed E-state index contributed by atoms with van der Waals surface area (Å²) in [6.45, 7) is 6.10. The van der Waals surface area contributed by atoms with Crippen LogP contribution in [0.25, 0.3) is 65.7 Å². The van der Waals surface area contributed by atoms with Crippen molar-refractivity contribution in [1.29, 1.82) is 0 Å². The molecule has 11 aromatic rings. The third-order valence-electron chi connectivity index (χ3n) is 17.5. The highest BCUT2D eigenvalue weighted by atomic mass is 35.5. The minimum Gasteiger partial charge on any atom is -0.494 e. The smallest absolute Gasteiger partial charge is 0.261 e. The minimum absolute atomic E-state index is 0.156. The molecule has 3 aliphatic rings. The van der Waals surface area contributed by atoms with E-state index in [1.807, 2.05) is 147 Å². The molecule has 0 saturated heterocycles. The van der Waals surface area contributed by atoms with E-state index in [4.69, 9.17) is 48.4 Å². The van der Waals surface area contributed by atoms with Gasteiger partial charge in [0.1, 0.15) is 5.69 Å². The van der Waals surface area contributed by atoms with Crippen molar-refractivity contribution in [3.8, 4) is 39.1 Å². The van der Waals surface area contributed by atoms with E-state index >= 15 is 0 Å². The van der Waals surface area contributed by atoms with E-state index in [-0.39, 0.29) is 17.6 Å². The lowest BCUT2D eigenvalue weighted by molar-refractivity contribution is 0.0983. The molecule has 0 saturated carbocycles. The van der Waals surface area contributed by atoms with Gasteiger partial charge in [-0.15, -0.1) is 15.3 Å². The zero-order valence-electron chi connectivity index (χ0n) is 47.6. The molecular weight excluding hydrogens is 1100 g/mol. The largest absolute Gasteiger partial charge is 0.494 e. The molecule has 0 unspecified atom stereocenters. The fraction of sp³-hybridized carbons (Fsp3) is 0.137. The van der Waals surface area contributed by atoms with Crippen molar-refractivity contribution in [2.45, 2.75) is 46.5 Å². The lowest BCUT2D eigenvalue weighted by Gasteiger charge is -2.23. The van der Waals surface area contributed by atoms with Gasteiger partial charge in [-0.1, -0.05) is 140 Å². The second-order valence-corrected chi connectivity index (χ2v) is 22.9. The highest BCUT2D eigenvalue weighted by Crippen LogP contribution is 2.51. The van der Waals surface area contributed by atoms with E-state index in [0.717, 1.165) is 123 Å². The number of methoxy groups -OCH3 is 1. The summed E-state index contributed by atoms with van der Waals surface area (Å²) >= 11 is 13.1. The predicted octanol–water partition coefficient (Wildman–Crippen LogP) is 19.6. The van der Waals surface area contributed by atoms with Gasteiger partial charge in [0.2, 0.25) is 0 Å². The van der Waals surface area contributed by atoms with Gasteiger partial charge in [0.25, 0.3) is 11.8 Å². The SMILES string of the molecule is CCc1ccccc1N(C)C(=O)c1cc2ccc3c(c2c(N=Nc2ccc4c(c2)C(=O)c2cccc5c(N=Nc6c(OC)c(C(=O)N(C)c7ccccc7CC)cc7ccc8c(c67)Cc6ccc(Cl)cc6-8)ccc-4c25)c1C)Cc1ccc(Cl)cc1-3. The van der Waals surface area contributed by atoms with Gasteiger partial charge in [-0.05, 0) is 182 Å². The average Bonchev–Trinajstić information content (AvgIpc) is 2.86. The summed E-state index contributed by atoms with van der Waals surface area (Å²) in [6, 6.07) is 55.1. The van der Waals surface area contributed by atoms with Gasteiger partial charge >= 0.3 is 0 Å². The summed E-state index contributed by atoms with van der Waals surface area (Å²) in [5.74, 6) is -0.273. The molecule has 14 rings (SSSR count). The van der Waals surface area contributed by atoms with Crippen molar-refractivity contribution >= 4 is 107 Å². The van der Waals surface area contributed by atoms with Crippen molar-refractivity contribution in [2.24, 2.45) is 20.5 Å². The first-order chi connectivity index (χ1) is 41.3. The first-order valence-electron chi connectivity index (χ1n) is 28.5. The van der Waals surface area contributed by atoms with Crippen LogP contribution in [0.2, 0.25) is 10.0 Å². The fourth-order valence-corrected chi connectivity index (χ4v) is 13.6. The molecule has 0 atom stereocenters. The molecule has 0 radical (unpaired) electrons. The van der Waals surface area contributed by atoms with Crippen LogP contribution < -0.4 is 14.5 Å². The van der Waals surface area contributed by atoms with Gasteiger partial charge in [-0.25, -0.2) is 0 Å². The molecule has 0 spiro atoms. The lowest BCUT2D eigenvalue weighted by Crippen LogP contribution is -2.28. The summed E-state index contributed by atoms with van der Waals surface area (Å²) in [4.78, 5) is 47.8. The number of hydrogen-bond donors (Lipinski definition) is 0. The van der Waals surface area contributed by atoms with Crippen LogP contribution in [0, 0.1) is 6.92 Å². The molecule has 11 aromatic carbocycles. The number of halogens is 2. The molecule has 2 amide bonds. The number of azo groups is 2. The molecule has 10 nitrogen and oxygen atoms in total. The zero-order chi connectivity index (χ0) is 58.5. The first-order valence-corrected chi connectivity index (χ1v) is 29.2. The molecule has 0 N–H and O–H groups in total. The Kier molecular flexibility index (Phi) is 13.1. The number of carbonyl (C=O) groups is 3. The zero-order valence-corrected chi connectivity index (χ0v) is 49.1. The summed E-state index contributed by atoms with van der Waals surface area (Å²) in [5, 5.41) is 26.3. The molecule has 0 aromatic heterocycles. The number of hydrogen-bond acceptors (Lipinski definition) is 8. The number of ether oxygens (including phenoxy) is 1. The van der Waals surface area contributed by atoms with Crippen LogP contribution in [0.5, 0.6) is 5.75 Å². The molecular formula is C73H54Cl2N6O4. The quantitative estimate of drug-likeness (QED) is 0.120. The number of para-hydroxylation sites is 2. The number of carbonyl (C=O) groups excluding carboxylic acids is 3. The van der Waals surface area contributed by atoms with Gasteiger partial charge in [0.15, 0.2) is 11.5 Å². The van der Waals surface area contributed by atoms with Crippen molar-refractivity contribution in [2.75, 3.05) is 31.0 Å². The van der Waals surface area contributed by atoms with Gasteiger partial charge in [-0.3, -0.25) is 14.4 Å². The Morgan fingerprint density at radius 2 is 1.06 bits per heavy atom. The molecule has 0 aliphatic heterocycles. The summed E-state index contributed by atoms with van der Waals surface area (Å²) in [7, 11) is 5.16. The molecule has 3 aliphatic carbocycles. The van der Waals surface area contributed by atoms with Crippen LogP contribution in [-0.4, -0.2) is 38.8 Å². The van der Waals surface area contributed by atoms with E-state index in [1.165, 1.54) is 0 Å². The normalized spacial score (nSPS) is 12.7. The second-order valence-electron chi connectivity index (χ2n) is 22.1. The molecule has 0 heterocycles. The van der Waals surface area contributed by atoms with Crippen LogP contribution in [0.1, 0.15) is 89.4 Å². The minimum atomic E-state index is -0.252. The highest BCUT2D eigenvalue weighted by Gasteiger charge is 2.32. The van der Waals surface area contributed by atoms with E-state index in [0.29, 0.717) is 79.2 Å². The van der Waals surface area contributed by atoms with Crippen molar-refractivity contribution in [1.82, 2.24) is 0 Å². The lowest BCUT2D eigenvalue weighted by atomic mass is 9.82. The van der Waals surface area contributed by atoms with Crippen LogP contribution in [0.3, 0.4) is 0 Å². The van der Waals surface area contributed by atoms with Gasteiger partial charge < -0.3 is 14.5 Å². The number of ketones is 1. The van der Waals surface area contributed by atoms with Crippen LogP contribution in [-0.2, 0) is 25.7 Å². The van der Waals surface area contributed by atoms with Crippen LogP contribution in [0.15, 0.2) is 190 Å². The second kappa shape index (κ2) is 20.9. The van der Waals surface area contributed by atoms with E-state index in [2.05, 4.69) is 44.2 Å². The van der Waals surface area contributed by atoms with Gasteiger partial charge in [0, 0.05) is 73.8 Å². The Morgan fingerprint density at radius 1 is 0.506 bits per heavy atom. The number of nitrogens with zero attached hydrogens (tertiary/aromatic N) is 6. The molecule has 0 fully saturated rings. The monoisotopic (exact) mass is 1150 g/mol. The first kappa shape index (κ1) is 53.4. The summed E-state index contributed by atoms with van der Waals surface area (Å²) < 4.78 is 6.25. The Morgan fingerprint density at radius 3 is 1.67 bits per heavy atom. The number of aryl methyl sites for hydroxylation is 2. The maximum Gasteiger partial charge on any atom is 0.261 e. The third kappa shape index (κ3) is 8.64.